The Balaban J connectivity index is 1.46. The number of piperidine rings is 1. The monoisotopic (exact) mass is 497 g/mol. The molecule has 2 aromatic carbocycles. The molecule has 37 heavy (non-hydrogen) atoms. The van der Waals surface area contributed by atoms with Gasteiger partial charge in [0.2, 0.25) is 0 Å². The average molecular weight is 498 g/mol. The minimum absolute atomic E-state index is 0.165. The van der Waals surface area contributed by atoms with E-state index in [1.54, 1.807) is 7.11 Å². The lowest BCUT2D eigenvalue weighted by Gasteiger charge is -2.33. The van der Waals surface area contributed by atoms with Gasteiger partial charge in [0.25, 0.3) is 5.91 Å². The van der Waals surface area contributed by atoms with Gasteiger partial charge in [-0.05, 0) is 75.5 Å². The molecule has 0 bridgehead atoms. The van der Waals surface area contributed by atoms with Crippen LogP contribution in [0.5, 0.6) is 5.75 Å². The fraction of sp³-hybridized carbons (Fsp3) is 0.367. The zero-order valence-corrected chi connectivity index (χ0v) is 21.9. The Bertz CT molecular complexity index is 1360. The Kier molecular flexibility index (Phi) is 7.51. The number of amides is 1. The van der Waals surface area contributed by atoms with Crippen molar-refractivity contribution in [3.63, 3.8) is 0 Å². The van der Waals surface area contributed by atoms with Crippen LogP contribution in [0.15, 0.2) is 60.7 Å². The van der Waals surface area contributed by atoms with Crippen LogP contribution in [0.3, 0.4) is 0 Å². The lowest BCUT2D eigenvalue weighted by atomic mass is 10.0. The number of carbonyl (C=O) groups excluding carboxylic acids is 1. The normalized spacial score (nSPS) is 16.1. The minimum atomic E-state index is -0.165. The number of nitrogens with zero attached hydrogens (tertiary/aromatic N) is 4. The highest BCUT2D eigenvalue weighted by molar-refractivity contribution is 5.95. The molecule has 4 aromatic rings. The number of aryl methyl sites for hydroxylation is 1. The van der Waals surface area contributed by atoms with E-state index in [1.807, 2.05) is 72.1 Å². The van der Waals surface area contributed by atoms with Crippen molar-refractivity contribution in [3.8, 4) is 28.1 Å². The van der Waals surface area contributed by atoms with Crippen LogP contribution in [-0.2, 0) is 0 Å². The maximum Gasteiger partial charge on any atom is 0.270 e. The maximum absolute atomic E-state index is 13.3. The smallest absolute Gasteiger partial charge is 0.270 e. The first-order chi connectivity index (χ1) is 18.0. The van der Waals surface area contributed by atoms with Gasteiger partial charge in [-0.2, -0.15) is 5.10 Å². The molecule has 1 atom stereocenters. The number of nitrogens with one attached hydrogen (secondary N) is 1. The second-order valence-electron chi connectivity index (χ2n) is 9.81. The van der Waals surface area contributed by atoms with Crippen molar-refractivity contribution in [2.45, 2.75) is 45.6 Å². The van der Waals surface area contributed by atoms with E-state index in [0.29, 0.717) is 23.9 Å². The third kappa shape index (κ3) is 5.37. The van der Waals surface area contributed by atoms with Crippen molar-refractivity contribution in [1.29, 1.82) is 0 Å². The molecule has 3 heterocycles. The predicted molar refractivity (Wildman–Crippen MR) is 147 cm³/mol. The maximum atomic E-state index is 13.3. The van der Waals surface area contributed by atoms with Gasteiger partial charge in [0.1, 0.15) is 11.4 Å². The summed E-state index contributed by atoms with van der Waals surface area (Å²) in [5, 5.41) is 7.93. The summed E-state index contributed by atoms with van der Waals surface area (Å²) in [6.45, 7) is 7.06. The zero-order chi connectivity index (χ0) is 25.8. The fourth-order valence-electron chi connectivity index (χ4n) is 5.21. The molecule has 1 aliphatic heterocycles. The highest BCUT2D eigenvalue weighted by Crippen LogP contribution is 2.31. The first kappa shape index (κ1) is 25.0. The summed E-state index contributed by atoms with van der Waals surface area (Å²) < 4.78 is 7.18. The SMILES string of the molecule is COc1ccc(-c2cc(C(=O)NCCCN3CCCCC3C)nc3c(-c4ccccc4)c(C)nn23)cc1. The number of carbonyl (C=O) groups is 1. The van der Waals surface area contributed by atoms with Crippen LogP contribution >= 0.6 is 0 Å². The third-order valence-electron chi connectivity index (χ3n) is 7.29. The average Bonchev–Trinajstić information content (AvgIpc) is 3.27. The molecule has 1 saturated heterocycles. The number of benzene rings is 2. The van der Waals surface area contributed by atoms with E-state index in [4.69, 9.17) is 14.8 Å². The van der Waals surface area contributed by atoms with Crippen LogP contribution in [-0.4, -0.2) is 58.2 Å². The minimum Gasteiger partial charge on any atom is -0.497 e. The number of aromatic nitrogens is 3. The largest absolute Gasteiger partial charge is 0.497 e. The van der Waals surface area contributed by atoms with E-state index in [-0.39, 0.29) is 5.91 Å². The van der Waals surface area contributed by atoms with Gasteiger partial charge in [-0.1, -0.05) is 36.8 Å². The van der Waals surface area contributed by atoms with E-state index < -0.39 is 0 Å². The summed E-state index contributed by atoms with van der Waals surface area (Å²) in [5.41, 5.74) is 5.63. The molecule has 7 nitrogen and oxygen atoms in total. The first-order valence-corrected chi connectivity index (χ1v) is 13.2. The molecule has 1 aliphatic rings. The van der Waals surface area contributed by atoms with E-state index in [1.165, 1.54) is 19.3 Å². The summed E-state index contributed by atoms with van der Waals surface area (Å²) in [6.07, 6.45) is 4.77. The van der Waals surface area contributed by atoms with Gasteiger partial charge in [0.15, 0.2) is 5.65 Å². The highest BCUT2D eigenvalue weighted by atomic mass is 16.5. The Morgan fingerprint density at radius 1 is 1.08 bits per heavy atom. The van der Waals surface area contributed by atoms with Gasteiger partial charge < -0.3 is 15.0 Å². The number of rotatable bonds is 8. The van der Waals surface area contributed by atoms with Crippen molar-refractivity contribution in [3.05, 3.63) is 72.1 Å². The summed E-state index contributed by atoms with van der Waals surface area (Å²) >= 11 is 0. The number of likely N-dealkylation sites (tertiary alicyclic amines) is 1. The Morgan fingerprint density at radius 2 is 1.86 bits per heavy atom. The molecule has 0 spiro atoms. The van der Waals surface area contributed by atoms with Crippen LogP contribution in [0, 0.1) is 6.92 Å². The summed E-state index contributed by atoms with van der Waals surface area (Å²) in [4.78, 5) is 20.7. The summed E-state index contributed by atoms with van der Waals surface area (Å²) in [5.74, 6) is 0.610. The van der Waals surface area contributed by atoms with Gasteiger partial charge in [-0.25, -0.2) is 9.50 Å². The van der Waals surface area contributed by atoms with Gasteiger partial charge in [0.05, 0.1) is 18.5 Å². The predicted octanol–water partition coefficient (Wildman–Crippen LogP) is 5.37. The van der Waals surface area contributed by atoms with E-state index in [9.17, 15) is 4.79 Å². The third-order valence-corrected chi connectivity index (χ3v) is 7.29. The number of hydrogen-bond donors (Lipinski definition) is 1. The Hall–Kier alpha value is -3.71. The fourth-order valence-corrected chi connectivity index (χ4v) is 5.21. The second-order valence-corrected chi connectivity index (χ2v) is 9.81. The lowest BCUT2D eigenvalue weighted by molar-refractivity contribution is 0.0944. The quantitative estimate of drug-likeness (QED) is 0.331. The molecular formula is C30H35N5O2. The van der Waals surface area contributed by atoms with Crippen molar-refractivity contribution in [2.24, 2.45) is 0 Å². The molecule has 1 N–H and O–H groups in total. The van der Waals surface area contributed by atoms with Crippen LogP contribution in [0.1, 0.15) is 48.8 Å². The van der Waals surface area contributed by atoms with Gasteiger partial charge in [-0.15, -0.1) is 0 Å². The molecule has 2 aromatic heterocycles. The molecule has 1 fully saturated rings. The number of ether oxygens (including phenoxy) is 1. The van der Waals surface area contributed by atoms with Crippen LogP contribution in [0.2, 0.25) is 0 Å². The molecule has 1 unspecified atom stereocenters. The van der Waals surface area contributed by atoms with Gasteiger partial charge >= 0.3 is 0 Å². The summed E-state index contributed by atoms with van der Waals surface area (Å²) in [7, 11) is 1.65. The van der Waals surface area contributed by atoms with Crippen LogP contribution in [0.25, 0.3) is 28.0 Å². The highest BCUT2D eigenvalue weighted by Gasteiger charge is 2.21. The Morgan fingerprint density at radius 3 is 2.59 bits per heavy atom. The van der Waals surface area contributed by atoms with Crippen LogP contribution in [0.4, 0.5) is 0 Å². The van der Waals surface area contributed by atoms with E-state index >= 15 is 0 Å². The van der Waals surface area contributed by atoms with Crippen molar-refractivity contribution >= 4 is 11.6 Å². The van der Waals surface area contributed by atoms with E-state index in [0.717, 1.165) is 53.3 Å². The topological polar surface area (TPSA) is 71.8 Å². The molecule has 0 aliphatic carbocycles. The number of methoxy groups -OCH3 is 1. The van der Waals surface area contributed by atoms with Gasteiger partial charge in [-0.3, -0.25) is 4.79 Å². The van der Waals surface area contributed by atoms with E-state index in [2.05, 4.69) is 17.1 Å². The second kappa shape index (κ2) is 11.1. The molecule has 192 valence electrons. The van der Waals surface area contributed by atoms with Crippen LogP contribution < -0.4 is 10.1 Å². The summed E-state index contributed by atoms with van der Waals surface area (Å²) in [6, 6.07) is 20.3. The van der Waals surface area contributed by atoms with Crippen molar-refractivity contribution in [1.82, 2.24) is 24.8 Å². The van der Waals surface area contributed by atoms with Gasteiger partial charge in [0, 0.05) is 30.3 Å². The zero-order valence-electron chi connectivity index (χ0n) is 21.9. The molecule has 0 radical (unpaired) electrons. The standard InChI is InChI=1S/C30H35N5O2/c1-21-10-7-8-18-34(21)19-9-17-31-30(36)26-20-27(23-13-15-25(37-3)16-14-23)35-29(32-26)28(22(2)33-35)24-11-5-4-6-12-24/h4-6,11-16,20-21H,7-10,17-19H2,1-3H3,(H,31,36). The molecule has 5 rings (SSSR count). The van der Waals surface area contributed by atoms with Crippen molar-refractivity contribution < 1.29 is 9.53 Å². The molecular weight excluding hydrogens is 462 g/mol. The number of hydrogen-bond acceptors (Lipinski definition) is 5. The number of fused-ring (bicyclic) bond motifs is 1. The first-order valence-electron chi connectivity index (χ1n) is 13.2. The molecule has 0 saturated carbocycles. The molecule has 1 amide bonds. The van der Waals surface area contributed by atoms with Crippen molar-refractivity contribution in [2.75, 3.05) is 26.7 Å². The Labute approximate surface area is 218 Å². The molecule has 7 heteroatoms. The lowest BCUT2D eigenvalue weighted by Crippen LogP contribution is -2.39.